The number of pyridine rings is 2. The Hall–Kier alpha value is -3.22. The number of nitrogens with two attached hydrogens (primary N) is 1. The van der Waals surface area contributed by atoms with Gasteiger partial charge in [-0.15, -0.1) is 11.3 Å². The number of carbonyl (C=O) groups excluding carboxylic acids is 1. The highest BCUT2D eigenvalue weighted by Crippen LogP contribution is 2.38. The van der Waals surface area contributed by atoms with Crippen molar-refractivity contribution in [2.45, 2.75) is 19.2 Å². The number of aromatic nitrogens is 2. The lowest BCUT2D eigenvalue weighted by Gasteiger charge is -2.27. The zero-order valence-corrected chi connectivity index (χ0v) is 18.9. The van der Waals surface area contributed by atoms with Crippen LogP contribution in [0.15, 0.2) is 36.5 Å². The zero-order chi connectivity index (χ0) is 24.5. The van der Waals surface area contributed by atoms with Gasteiger partial charge < -0.3 is 25.8 Å². The topological polar surface area (TPSA) is 114 Å². The molecule has 1 aliphatic rings. The number of ether oxygens (including phenoxy) is 1. The maximum Gasteiger partial charge on any atom is 0.418 e. The molecular weight excluding hydrogens is 471 g/mol. The summed E-state index contributed by atoms with van der Waals surface area (Å²) in [4.78, 5) is 23.5. The SMILES string of the molecule is Cc1nc(Nc2sc(-c3ccc(N4CCOCC4)nc3)cc2C(N)=O)ccc1C(O)C(F)(F)F. The van der Waals surface area contributed by atoms with Gasteiger partial charge >= 0.3 is 6.18 Å². The molecular formula is C22H22F3N5O3S. The van der Waals surface area contributed by atoms with E-state index in [1.807, 2.05) is 12.1 Å². The molecule has 0 aliphatic carbocycles. The molecule has 4 heterocycles. The average molecular weight is 494 g/mol. The van der Waals surface area contributed by atoms with Crippen LogP contribution in [-0.2, 0) is 4.74 Å². The number of aliphatic hydroxyl groups is 1. The monoisotopic (exact) mass is 493 g/mol. The summed E-state index contributed by atoms with van der Waals surface area (Å²) in [5, 5.41) is 12.9. The Labute approximate surface area is 197 Å². The Morgan fingerprint density at radius 2 is 2.00 bits per heavy atom. The summed E-state index contributed by atoms with van der Waals surface area (Å²) in [6.07, 6.45) is -5.72. The molecule has 0 spiro atoms. The third kappa shape index (κ3) is 5.13. The quantitative estimate of drug-likeness (QED) is 0.479. The number of nitrogens with zero attached hydrogens (tertiary/aromatic N) is 3. The summed E-state index contributed by atoms with van der Waals surface area (Å²) < 4.78 is 43.9. The van der Waals surface area contributed by atoms with Gasteiger partial charge in [0, 0.05) is 41.0 Å². The number of thiophene rings is 1. The Bertz CT molecular complexity index is 1180. The molecule has 0 bridgehead atoms. The number of aryl methyl sites for hydroxylation is 1. The van der Waals surface area contributed by atoms with Gasteiger partial charge in [-0.25, -0.2) is 9.97 Å². The van der Waals surface area contributed by atoms with E-state index in [4.69, 9.17) is 10.5 Å². The first-order valence-electron chi connectivity index (χ1n) is 10.4. The van der Waals surface area contributed by atoms with Crippen molar-refractivity contribution in [1.82, 2.24) is 9.97 Å². The van der Waals surface area contributed by atoms with E-state index in [1.54, 1.807) is 12.3 Å². The Balaban J connectivity index is 1.57. The van der Waals surface area contributed by atoms with Gasteiger partial charge in [-0.05, 0) is 31.2 Å². The van der Waals surface area contributed by atoms with Crippen LogP contribution in [0.25, 0.3) is 10.4 Å². The number of carbonyl (C=O) groups is 1. The minimum Gasteiger partial charge on any atom is -0.379 e. The van der Waals surface area contributed by atoms with E-state index < -0.39 is 18.2 Å². The standard InChI is InChI=1S/C22H22F3N5O3S/c1-12-14(19(31)22(23,24)25)3-4-17(28-12)29-21-15(20(26)32)10-16(34-21)13-2-5-18(27-11-13)30-6-8-33-9-7-30/h2-5,10-11,19,31H,6-9H2,1H3,(H2,26,32)(H,28,29). The predicted octanol–water partition coefficient (Wildman–Crippen LogP) is 3.79. The fraction of sp³-hybridized carbons (Fsp3) is 0.318. The fourth-order valence-corrected chi connectivity index (χ4v) is 4.60. The van der Waals surface area contributed by atoms with Crippen molar-refractivity contribution < 1.29 is 27.8 Å². The smallest absolute Gasteiger partial charge is 0.379 e. The van der Waals surface area contributed by atoms with Crippen molar-refractivity contribution >= 4 is 33.9 Å². The number of amides is 1. The molecule has 1 unspecified atom stereocenters. The number of nitrogens with one attached hydrogen (secondary N) is 1. The normalized spacial score (nSPS) is 15.3. The van der Waals surface area contributed by atoms with Gasteiger partial charge in [0.25, 0.3) is 5.91 Å². The zero-order valence-electron chi connectivity index (χ0n) is 18.1. The van der Waals surface area contributed by atoms with E-state index >= 15 is 0 Å². The van der Waals surface area contributed by atoms with E-state index in [1.165, 1.54) is 24.3 Å². The first kappa shape index (κ1) is 23.9. The summed E-state index contributed by atoms with van der Waals surface area (Å²) in [6, 6.07) is 7.88. The first-order chi connectivity index (χ1) is 16.1. The Kier molecular flexibility index (Phi) is 6.73. The van der Waals surface area contributed by atoms with Gasteiger partial charge in [0.2, 0.25) is 0 Å². The fourth-order valence-electron chi connectivity index (χ4n) is 3.54. The molecule has 0 saturated carbocycles. The van der Waals surface area contributed by atoms with Gasteiger partial charge in [0.15, 0.2) is 6.10 Å². The average Bonchev–Trinajstić information content (AvgIpc) is 3.23. The van der Waals surface area contributed by atoms with Crippen LogP contribution in [-0.4, -0.2) is 53.5 Å². The molecule has 4 N–H and O–H groups in total. The molecule has 1 aliphatic heterocycles. The summed E-state index contributed by atoms with van der Waals surface area (Å²) in [5.41, 5.74) is 6.21. The summed E-state index contributed by atoms with van der Waals surface area (Å²) in [6.45, 7) is 4.18. The summed E-state index contributed by atoms with van der Waals surface area (Å²) in [5.74, 6) is 0.383. The molecule has 8 nitrogen and oxygen atoms in total. The largest absolute Gasteiger partial charge is 0.418 e. The molecule has 3 aromatic heterocycles. The number of hydrogen-bond donors (Lipinski definition) is 3. The van der Waals surface area contributed by atoms with Crippen molar-refractivity contribution in [3.8, 4) is 10.4 Å². The number of alkyl halides is 3. The van der Waals surface area contributed by atoms with Gasteiger partial charge in [0.1, 0.15) is 16.6 Å². The van der Waals surface area contributed by atoms with Crippen LogP contribution < -0.4 is 16.0 Å². The number of primary amides is 1. The van der Waals surface area contributed by atoms with E-state index in [-0.39, 0.29) is 22.6 Å². The molecule has 3 aromatic rings. The number of anilines is 3. The van der Waals surface area contributed by atoms with Crippen LogP contribution in [0.2, 0.25) is 0 Å². The van der Waals surface area contributed by atoms with Gasteiger partial charge in [-0.1, -0.05) is 6.07 Å². The molecule has 4 rings (SSSR count). The molecule has 1 fully saturated rings. The first-order valence-corrected chi connectivity index (χ1v) is 11.2. The number of aliphatic hydroxyl groups excluding tert-OH is 1. The lowest BCUT2D eigenvalue weighted by molar-refractivity contribution is -0.207. The molecule has 1 amide bonds. The second-order valence-electron chi connectivity index (χ2n) is 7.66. The number of halogens is 3. The van der Waals surface area contributed by atoms with Crippen molar-refractivity contribution in [1.29, 1.82) is 0 Å². The van der Waals surface area contributed by atoms with Crippen LogP contribution in [0, 0.1) is 6.92 Å². The predicted molar refractivity (Wildman–Crippen MR) is 122 cm³/mol. The lowest BCUT2D eigenvalue weighted by atomic mass is 10.1. The second kappa shape index (κ2) is 9.57. The van der Waals surface area contributed by atoms with Crippen LogP contribution in [0.1, 0.15) is 27.7 Å². The van der Waals surface area contributed by atoms with Crippen LogP contribution in [0.5, 0.6) is 0 Å². The van der Waals surface area contributed by atoms with Crippen LogP contribution in [0.3, 0.4) is 0 Å². The third-order valence-corrected chi connectivity index (χ3v) is 6.44. The molecule has 12 heteroatoms. The van der Waals surface area contributed by atoms with E-state index in [0.29, 0.717) is 18.2 Å². The highest BCUT2D eigenvalue weighted by atomic mass is 32.1. The molecule has 0 aromatic carbocycles. The molecule has 34 heavy (non-hydrogen) atoms. The molecule has 180 valence electrons. The number of hydrogen-bond acceptors (Lipinski definition) is 8. The van der Waals surface area contributed by atoms with Crippen molar-refractivity contribution in [3.63, 3.8) is 0 Å². The number of rotatable bonds is 6. The van der Waals surface area contributed by atoms with Gasteiger partial charge in [-0.2, -0.15) is 13.2 Å². The Morgan fingerprint density at radius 1 is 1.26 bits per heavy atom. The Morgan fingerprint density at radius 3 is 2.59 bits per heavy atom. The van der Waals surface area contributed by atoms with E-state index in [2.05, 4.69) is 20.2 Å². The summed E-state index contributed by atoms with van der Waals surface area (Å²) >= 11 is 1.24. The maximum absolute atomic E-state index is 12.8. The minimum absolute atomic E-state index is 0.00938. The van der Waals surface area contributed by atoms with E-state index in [9.17, 15) is 23.1 Å². The minimum atomic E-state index is -4.80. The van der Waals surface area contributed by atoms with Crippen molar-refractivity contribution in [2.75, 3.05) is 36.5 Å². The van der Waals surface area contributed by atoms with Crippen LogP contribution >= 0.6 is 11.3 Å². The second-order valence-corrected chi connectivity index (χ2v) is 8.71. The number of morpholine rings is 1. The van der Waals surface area contributed by atoms with Gasteiger partial charge in [0.05, 0.1) is 18.8 Å². The van der Waals surface area contributed by atoms with Crippen molar-refractivity contribution in [2.24, 2.45) is 5.73 Å². The lowest BCUT2D eigenvalue weighted by Crippen LogP contribution is -2.36. The maximum atomic E-state index is 12.8. The molecule has 0 radical (unpaired) electrons. The van der Waals surface area contributed by atoms with E-state index in [0.717, 1.165) is 35.4 Å². The highest BCUT2D eigenvalue weighted by molar-refractivity contribution is 7.19. The molecule has 1 atom stereocenters. The molecule has 1 saturated heterocycles. The van der Waals surface area contributed by atoms with Crippen molar-refractivity contribution in [3.05, 3.63) is 53.3 Å². The van der Waals surface area contributed by atoms with Crippen LogP contribution in [0.4, 0.5) is 29.8 Å². The van der Waals surface area contributed by atoms with Gasteiger partial charge in [-0.3, -0.25) is 4.79 Å². The highest BCUT2D eigenvalue weighted by Gasteiger charge is 2.40. The third-order valence-electron chi connectivity index (χ3n) is 5.34. The summed E-state index contributed by atoms with van der Waals surface area (Å²) in [7, 11) is 0.